The Kier molecular flexibility index (Phi) is 4.88. The van der Waals surface area contributed by atoms with E-state index in [4.69, 9.17) is 0 Å². The molecule has 20 heavy (non-hydrogen) atoms. The van der Waals surface area contributed by atoms with Crippen LogP contribution in [0.3, 0.4) is 0 Å². The van der Waals surface area contributed by atoms with Crippen LogP contribution in [0.2, 0.25) is 0 Å². The maximum Gasteiger partial charge on any atom is 0.224 e. The lowest BCUT2D eigenvalue weighted by Gasteiger charge is -2.28. The van der Waals surface area contributed by atoms with Gasteiger partial charge in [-0.25, -0.2) is 0 Å². The predicted molar refractivity (Wildman–Crippen MR) is 87.9 cm³/mol. The molecule has 0 aromatic rings. The van der Waals surface area contributed by atoms with Crippen LogP contribution in [0.4, 0.5) is 0 Å². The number of carbonyl (C=O) groups excluding carboxylic acids is 1. The molecule has 4 atom stereocenters. The Morgan fingerprint density at radius 2 is 2.00 bits per heavy atom. The van der Waals surface area contributed by atoms with Crippen LogP contribution in [0.1, 0.15) is 53.4 Å². The van der Waals surface area contributed by atoms with Crippen molar-refractivity contribution in [2.45, 2.75) is 64.7 Å². The van der Waals surface area contributed by atoms with E-state index in [-0.39, 0.29) is 17.2 Å². The van der Waals surface area contributed by atoms with Crippen molar-refractivity contribution in [1.29, 1.82) is 0 Å². The van der Waals surface area contributed by atoms with Crippen molar-refractivity contribution >= 4 is 17.7 Å². The highest BCUT2D eigenvalue weighted by Gasteiger charge is 2.60. The van der Waals surface area contributed by atoms with Crippen molar-refractivity contribution < 1.29 is 4.79 Å². The summed E-state index contributed by atoms with van der Waals surface area (Å²) in [7, 11) is 0. The number of hydrogen-bond acceptors (Lipinski definition) is 2. The average Bonchev–Trinajstić information content (AvgIpc) is 2.90. The van der Waals surface area contributed by atoms with E-state index >= 15 is 0 Å². The molecule has 0 radical (unpaired) electrons. The Balaban J connectivity index is 1.91. The lowest BCUT2D eigenvalue weighted by atomic mass is 9.94. The molecule has 2 rings (SSSR count). The second-order valence-electron chi connectivity index (χ2n) is 7.30. The van der Waals surface area contributed by atoms with Crippen LogP contribution >= 0.6 is 11.8 Å². The Morgan fingerprint density at radius 3 is 2.60 bits per heavy atom. The van der Waals surface area contributed by atoms with E-state index in [0.29, 0.717) is 12.0 Å². The molecule has 0 aliphatic heterocycles. The number of nitrogens with one attached hydrogen (secondary N) is 1. The molecule has 2 aliphatic rings. The molecule has 1 N–H and O–H groups in total. The van der Waals surface area contributed by atoms with E-state index in [2.05, 4.69) is 45.3 Å². The zero-order valence-corrected chi connectivity index (χ0v) is 14.3. The fourth-order valence-corrected chi connectivity index (χ4v) is 4.46. The van der Waals surface area contributed by atoms with Gasteiger partial charge in [-0.05, 0) is 50.7 Å². The predicted octanol–water partition coefficient (Wildman–Crippen LogP) is 4.02. The van der Waals surface area contributed by atoms with Gasteiger partial charge in [-0.15, -0.1) is 0 Å². The maximum absolute atomic E-state index is 12.5. The molecule has 0 aromatic heterocycles. The summed E-state index contributed by atoms with van der Waals surface area (Å²) in [4.78, 5) is 12.5. The van der Waals surface area contributed by atoms with Gasteiger partial charge in [0.2, 0.25) is 5.91 Å². The van der Waals surface area contributed by atoms with Gasteiger partial charge in [0.1, 0.15) is 0 Å². The molecule has 2 saturated carbocycles. The van der Waals surface area contributed by atoms with Gasteiger partial charge < -0.3 is 5.32 Å². The number of allylic oxidation sites excluding steroid dienone is 2. The summed E-state index contributed by atoms with van der Waals surface area (Å²) in [5.74, 6) is 0.878. The van der Waals surface area contributed by atoms with Gasteiger partial charge in [-0.2, -0.15) is 11.8 Å². The Morgan fingerprint density at radius 1 is 1.30 bits per heavy atom. The van der Waals surface area contributed by atoms with E-state index in [1.54, 1.807) is 0 Å². The normalized spacial score (nSPS) is 35.2. The summed E-state index contributed by atoms with van der Waals surface area (Å²) in [6, 6.07) is 0.400. The molecule has 2 fully saturated rings. The van der Waals surface area contributed by atoms with Crippen LogP contribution in [0.15, 0.2) is 11.6 Å². The van der Waals surface area contributed by atoms with Crippen molar-refractivity contribution in [2.24, 2.45) is 17.3 Å². The third-order valence-electron chi connectivity index (χ3n) is 5.01. The fraction of sp³-hybridized carbons (Fsp3) is 0.824. The van der Waals surface area contributed by atoms with Crippen LogP contribution in [0.5, 0.6) is 0 Å². The largest absolute Gasteiger partial charge is 0.353 e. The van der Waals surface area contributed by atoms with Crippen LogP contribution < -0.4 is 5.32 Å². The van der Waals surface area contributed by atoms with Crippen LogP contribution in [0, 0.1) is 17.3 Å². The average molecular weight is 295 g/mol. The maximum atomic E-state index is 12.5. The Bertz CT molecular complexity index is 398. The molecule has 0 bridgehead atoms. The van der Waals surface area contributed by atoms with Crippen molar-refractivity contribution in [3.63, 3.8) is 0 Å². The molecule has 1 amide bonds. The first-order chi connectivity index (χ1) is 9.36. The summed E-state index contributed by atoms with van der Waals surface area (Å²) in [6.45, 7) is 8.67. The van der Waals surface area contributed by atoms with Crippen LogP contribution in [0.25, 0.3) is 0 Å². The molecule has 0 unspecified atom stereocenters. The zero-order valence-electron chi connectivity index (χ0n) is 13.5. The third kappa shape index (κ3) is 3.41. The summed E-state index contributed by atoms with van der Waals surface area (Å²) in [5, 5.41) is 4.05. The van der Waals surface area contributed by atoms with E-state index < -0.39 is 0 Å². The zero-order chi connectivity index (χ0) is 14.9. The second kappa shape index (κ2) is 6.13. The van der Waals surface area contributed by atoms with E-state index in [1.807, 2.05) is 11.8 Å². The molecule has 2 nitrogen and oxygen atoms in total. The highest BCUT2D eigenvalue weighted by Crippen LogP contribution is 2.59. The minimum Gasteiger partial charge on any atom is -0.353 e. The molecule has 3 heteroatoms. The standard InChI is InChI=1S/C17H29NOS/c1-11(2)9-14-15(17(14,3)4)16(19)18-12-7-6-8-13(10-12)20-5/h9,12-15H,6-8,10H2,1-5H3,(H,18,19)/t12-,13+,14+,15-/m0/s1. The van der Waals surface area contributed by atoms with Crippen LogP contribution in [-0.2, 0) is 4.79 Å². The van der Waals surface area contributed by atoms with Gasteiger partial charge >= 0.3 is 0 Å². The summed E-state index contributed by atoms with van der Waals surface area (Å²) < 4.78 is 0. The quantitative estimate of drug-likeness (QED) is 0.794. The molecular weight excluding hydrogens is 266 g/mol. The highest BCUT2D eigenvalue weighted by atomic mass is 32.2. The molecule has 2 aliphatic carbocycles. The summed E-state index contributed by atoms with van der Waals surface area (Å²) in [6.07, 6.45) is 9.32. The van der Waals surface area contributed by atoms with Crippen molar-refractivity contribution in [1.82, 2.24) is 5.32 Å². The molecule has 0 heterocycles. The number of hydrogen-bond donors (Lipinski definition) is 1. The monoisotopic (exact) mass is 295 g/mol. The lowest BCUT2D eigenvalue weighted by molar-refractivity contribution is -0.124. The van der Waals surface area contributed by atoms with Gasteiger partial charge in [0, 0.05) is 11.3 Å². The topological polar surface area (TPSA) is 29.1 Å². The number of amides is 1. The van der Waals surface area contributed by atoms with Gasteiger partial charge in [0.05, 0.1) is 5.92 Å². The summed E-state index contributed by atoms with van der Waals surface area (Å²) in [5.41, 5.74) is 1.45. The van der Waals surface area contributed by atoms with E-state index in [1.165, 1.54) is 18.4 Å². The minimum absolute atomic E-state index is 0.134. The van der Waals surface area contributed by atoms with Gasteiger partial charge in [-0.1, -0.05) is 31.9 Å². The van der Waals surface area contributed by atoms with E-state index in [0.717, 1.165) is 18.1 Å². The number of thioether (sulfide) groups is 1. The van der Waals surface area contributed by atoms with Crippen molar-refractivity contribution in [3.05, 3.63) is 11.6 Å². The molecule has 114 valence electrons. The smallest absolute Gasteiger partial charge is 0.224 e. The van der Waals surface area contributed by atoms with Gasteiger partial charge in [0.15, 0.2) is 0 Å². The first-order valence-electron chi connectivity index (χ1n) is 7.84. The molecule has 0 spiro atoms. The summed E-state index contributed by atoms with van der Waals surface area (Å²) >= 11 is 1.95. The lowest BCUT2D eigenvalue weighted by Crippen LogP contribution is -2.40. The van der Waals surface area contributed by atoms with Crippen LogP contribution in [-0.4, -0.2) is 23.5 Å². The van der Waals surface area contributed by atoms with E-state index in [9.17, 15) is 4.79 Å². The molecule has 0 aromatic carbocycles. The van der Waals surface area contributed by atoms with Crippen molar-refractivity contribution in [2.75, 3.05) is 6.26 Å². The van der Waals surface area contributed by atoms with Gasteiger partial charge in [0.25, 0.3) is 0 Å². The van der Waals surface area contributed by atoms with Crippen molar-refractivity contribution in [3.8, 4) is 0 Å². The number of carbonyl (C=O) groups is 1. The van der Waals surface area contributed by atoms with Gasteiger partial charge in [-0.3, -0.25) is 4.79 Å². The minimum atomic E-state index is 0.134. The Labute approximate surface area is 128 Å². The SMILES string of the molecule is CS[C@@H]1CCC[C@H](NC(=O)[C@@H]2[C@@H](C=C(C)C)C2(C)C)C1. The first-order valence-corrected chi connectivity index (χ1v) is 9.13. The third-order valence-corrected chi connectivity index (χ3v) is 6.11. The number of rotatable bonds is 4. The molecular formula is C17H29NOS. The Hall–Kier alpha value is -0.440. The molecule has 0 saturated heterocycles. The second-order valence-corrected chi connectivity index (χ2v) is 8.44. The first kappa shape index (κ1) is 15.9. The highest BCUT2D eigenvalue weighted by molar-refractivity contribution is 7.99. The fourth-order valence-electron chi connectivity index (χ4n) is 3.63.